The molecule has 34 heavy (non-hydrogen) atoms. The number of anilines is 1. The van der Waals surface area contributed by atoms with Gasteiger partial charge < -0.3 is 15.3 Å². The first-order valence-corrected chi connectivity index (χ1v) is 12.6. The number of carbonyl (C=O) groups is 1. The van der Waals surface area contributed by atoms with Crippen LogP contribution in [-0.4, -0.2) is 56.6 Å². The Bertz CT molecular complexity index is 1120. The van der Waals surface area contributed by atoms with Crippen LogP contribution in [0.2, 0.25) is 0 Å². The summed E-state index contributed by atoms with van der Waals surface area (Å²) in [5.41, 5.74) is 4.60. The first-order valence-electron chi connectivity index (χ1n) is 12.6. The van der Waals surface area contributed by atoms with Crippen molar-refractivity contribution < 1.29 is 9.90 Å². The van der Waals surface area contributed by atoms with E-state index in [-0.39, 0.29) is 6.04 Å². The van der Waals surface area contributed by atoms with Crippen LogP contribution in [0.25, 0.3) is 5.65 Å². The fourth-order valence-electron chi connectivity index (χ4n) is 5.46. The second kappa shape index (κ2) is 10.4. The Kier molecular flexibility index (Phi) is 6.94. The van der Waals surface area contributed by atoms with Crippen LogP contribution in [0.3, 0.4) is 0 Å². The van der Waals surface area contributed by atoms with Crippen molar-refractivity contribution >= 4 is 17.6 Å². The van der Waals surface area contributed by atoms with Crippen molar-refractivity contribution in [2.75, 3.05) is 31.1 Å². The summed E-state index contributed by atoms with van der Waals surface area (Å²) in [7, 11) is 0. The number of fused-ring (bicyclic) bond motifs is 2. The minimum absolute atomic E-state index is 0.264. The number of imidazole rings is 1. The molecule has 1 unspecified atom stereocenters. The second-order valence-electron chi connectivity index (χ2n) is 9.40. The number of hydrogen-bond acceptors (Lipinski definition) is 5. The monoisotopic (exact) mass is 462 g/mol. The Morgan fingerprint density at radius 3 is 2.88 bits per heavy atom. The van der Waals surface area contributed by atoms with Crippen molar-refractivity contribution in [3.05, 3.63) is 59.7 Å². The van der Waals surface area contributed by atoms with Gasteiger partial charge in [-0.15, -0.1) is 0 Å². The molecule has 2 N–H and O–H groups in total. The van der Waals surface area contributed by atoms with Crippen LogP contribution in [0.15, 0.2) is 42.7 Å². The molecular formula is C26H34N6O2. The van der Waals surface area contributed by atoms with Gasteiger partial charge in [0, 0.05) is 38.6 Å². The molecule has 8 nitrogen and oxygen atoms in total. The molecule has 1 amide bonds. The van der Waals surface area contributed by atoms with Gasteiger partial charge >= 0.3 is 6.09 Å². The van der Waals surface area contributed by atoms with Crippen LogP contribution >= 0.6 is 0 Å². The summed E-state index contributed by atoms with van der Waals surface area (Å²) in [6.07, 6.45) is 10.7. The Morgan fingerprint density at radius 2 is 2.03 bits per heavy atom. The van der Waals surface area contributed by atoms with E-state index in [1.807, 2.05) is 12.3 Å². The van der Waals surface area contributed by atoms with E-state index in [2.05, 4.69) is 50.0 Å². The molecule has 0 aromatic carbocycles. The summed E-state index contributed by atoms with van der Waals surface area (Å²) >= 11 is 0. The average Bonchev–Trinajstić information content (AvgIpc) is 3.52. The molecule has 0 spiro atoms. The molecule has 1 aliphatic carbocycles. The lowest BCUT2D eigenvalue weighted by Crippen LogP contribution is -2.33. The van der Waals surface area contributed by atoms with E-state index in [1.54, 1.807) is 0 Å². The topological polar surface area (TPSA) is 86.0 Å². The highest BCUT2D eigenvalue weighted by Gasteiger charge is 2.28. The summed E-state index contributed by atoms with van der Waals surface area (Å²) in [6.45, 7) is 4.33. The highest BCUT2D eigenvalue weighted by atomic mass is 16.4. The Balaban J connectivity index is 1.37. The number of aryl methyl sites for hydroxylation is 1. The number of rotatable bonds is 9. The van der Waals surface area contributed by atoms with E-state index in [0.29, 0.717) is 6.54 Å². The van der Waals surface area contributed by atoms with Crippen LogP contribution in [0, 0.1) is 0 Å². The summed E-state index contributed by atoms with van der Waals surface area (Å²) in [4.78, 5) is 25.5. The molecule has 1 atom stereocenters. The first-order chi connectivity index (χ1) is 16.7. The van der Waals surface area contributed by atoms with Gasteiger partial charge in [-0.1, -0.05) is 12.1 Å². The van der Waals surface area contributed by atoms with Crippen molar-refractivity contribution in [2.45, 2.75) is 57.5 Å². The van der Waals surface area contributed by atoms with Crippen LogP contribution in [-0.2, 0) is 13.0 Å². The van der Waals surface area contributed by atoms with Gasteiger partial charge in [-0.25, -0.2) is 9.78 Å². The molecule has 1 aliphatic heterocycles. The van der Waals surface area contributed by atoms with Crippen LogP contribution in [0.1, 0.15) is 61.5 Å². The third kappa shape index (κ3) is 5.01. The number of pyridine rings is 2. The van der Waals surface area contributed by atoms with E-state index < -0.39 is 6.09 Å². The number of aromatic nitrogens is 3. The Hall–Kier alpha value is -3.13. The molecule has 1 fully saturated rings. The Morgan fingerprint density at radius 1 is 1.15 bits per heavy atom. The number of nitrogens with zero attached hydrogens (tertiary/aromatic N) is 5. The van der Waals surface area contributed by atoms with Gasteiger partial charge in [-0.05, 0) is 75.3 Å². The minimum atomic E-state index is -0.958. The molecule has 4 heterocycles. The zero-order valence-corrected chi connectivity index (χ0v) is 19.7. The first kappa shape index (κ1) is 22.7. The fourth-order valence-corrected chi connectivity index (χ4v) is 5.46. The van der Waals surface area contributed by atoms with Crippen molar-refractivity contribution in [3.8, 4) is 0 Å². The smallest absolute Gasteiger partial charge is 0.404 e. The van der Waals surface area contributed by atoms with Crippen molar-refractivity contribution in [1.29, 1.82) is 0 Å². The highest BCUT2D eigenvalue weighted by molar-refractivity contribution is 5.64. The van der Waals surface area contributed by atoms with E-state index in [4.69, 9.17) is 15.1 Å². The van der Waals surface area contributed by atoms with Crippen LogP contribution in [0.4, 0.5) is 10.6 Å². The number of amides is 1. The molecule has 3 aromatic heterocycles. The van der Waals surface area contributed by atoms with Gasteiger partial charge in [0.15, 0.2) is 0 Å². The van der Waals surface area contributed by atoms with Crippen molar-refractivity contribution in [3.63, 3.8) is 0 Å². The summed E-state index contributed by atoms with van der Waals surface area (Å²) in [5, 5.41) is 11.3. The number of nitrogens with one attached hydrogen (secondary N) is 1. The third-order valence-corrected chi connectivity index (χ3v) is 7.07. The quantitative estimate of drug-likeness (QED) is 0.462. The highest BCUT2D eigenvalue weighted by Crippen LogP contribution is 2.34. The van der Waals surface area contributed by atoms with Gasteiger partial charge in [0.25, 0.3) is 0 Å². The van der Waals surface area contributed by atoms with Gasteiger partial charge in [-0.3, -0.25) is 14.3 Å². The van der Waals surface area contributed by atoms with E-state index >= 15 is 0 Å². The van der Waals surface area contributed by atoms with Crippen LogP contribution < -0.4 is 10.2 Å². The zero-order valence-electron chi connectivity index (χ0n) is 19.7. The maximum absolute atomic E-state index is 10.8. The predicted octanol–water partition coefficient (Wildman–Crippen LogP) is 4.26. The van der Waals surface area contributed by atoms with E-state index in [0.717, 1.165) is 69.6 Å². The lowest BCUT2D eigenvalue weighted by Gasteiger charge is -2.34. The second-order valence-corrected chi connectivity index (χ2v) is 9.40. The SMILES string of the molecule is O=C(O)NCCCCN(Cc1cn2c(N3CCCC3)cccc2n1)C1CCCc2cccnc21. The number of carboxylic acid groups (broad SMARTS) is 1. The fraction of sp³-hybridized carbons (Fsp3) is 0.500. The molecule has 8 heteroatoms. The van der Waals surface area contributed by atoms with Gasteiger partial charge in [0.2, 0.25) is 0 Å². The van der Waals surface area contributed by atoms with E-state index in [9.17, 15) is 4.79 Å². The third-order valence-electron chi connectivity index (χ3n) is 7.07. The maximum Gasteiger partial charge on any atom is 0.404 e. The molecule has 0 saturated carbocycles. The summed E-state index contributed by atoms with van der Waals surface area (Å²) < 4.78 is 2.24. The lowest BCUT2D eigenvalue weighted by atomic mass is 9.90. The van der Waals surface area contributed by atoms with Crippen molar-refractivity contribution in [1.82, 2.24) is 24.6 Å². The molecule has 2 aliphatic rings. The lowest BCUT2D eigenvalue weighted by molar-refractivity contribution is 0.160. The molecule has 5 rings (SSSR count). The molecule has 0 radical (unpaired) electrons. The molecule has 1 saturated heterocycles. The largest absolute Gasteiger partial charge is 0.465 e. The molecule has 0 bridgehead atoms. The van der Waals surface area contributed by atoms with Gasteiger partial charge in [0.1, 0.15) is 11.5 Å². The number of unbranched alkanes of at least 4 members (excludes halogenated alkanes) is 1. The minimum Gasteiger partial charge on any atom is -0.465 e. The van der Waals surface area contributed by atoms with Gasteiger partial charge in [0.05, 0.1) is 17.4 Å². The summed E-state index contributed by atoms with van der Waals surface area (Å²) in [5.74, 6) is 1.23. The standard InChI is InChI=1S/C26H34N6O2/c33-26(34)28-13-1-2-17-31(22-10-5-8-20-9-7-14-27-25(20)22)18-21-19-32-23(29-21)11-6-12-24(32)30-15-3-4-16-30/h6-7,9,11-12,14,19,22,28H,1-5,8,10,13,15-18H2,(H,33,34). The molecular weight excluding hydrogens is 428 g/mol. The number of hydrogen-bond donors (Lipinski definition) is 2. The zero-order chi connectivity index (χ0) is 23.3. The maximum atomic E-state index is 10.8. The van der Waals surface area contributed by atoms with Crippen molar-refractivity contribution in [2.24, 2.45) is 0 Å². The normalized spacial score (nSPS) is 17.9. The molecule has 180 valence electrons. The van der Waals surface area contributed by atoms with Crippen LogP contribution in [0.5, 0.6) is 0 Å². The summed E-state index contributed by atoms with van der Waals surface area (Å²) in [6, 6.07) is 10.9. The van der Waals surface area contributed by atoms with E-state index in [1.165, 1.54) is 29.9 Å². The van der Waals surface area contributed by atoms with Gasteiger partial charge in [-0.2, -0.15) is 0 Å². The predicted molar refractivity (Wildman–Crippen MR) is 132 cm³/mol. The Labute approximate surface area is 200 Å². The molecule has 3 aromatic rings. The average molecular weight is 463 g/mol.